The topological polar surface area (TPSA) is 46.2 Å². The molecule has 1 rings (SSSR count). The second-order valence-electron chi connectivity index (χ2n) is 3.62. The predicted molar refractivity (Wildman–Crippen MR) is 55.7 cm³/mol. The molecule has 7 heteroatoms. The van der Waals surface area contributed by atoms with E-state index >= 15 is 0 Å². The number of nitrogens with one attached hydrogen (secondary N) is 1. The van der Waals surface area contributed by atoms with E-state index in [1.807, 2.05) is 5.32 Å². The van der Waals surface area contributed by atoms with Crippen LogP contribution in [-0.2, 0) is 11.0 Å². The number of halogens is 4. The molecule has 0 fully saturated rings. The smallest absolute Gasteiger partial charge is 0.324 e. The number of amides is 1. The third kappa shape index (κ3) is 3.06. The van der Waals surface area contributed by atoms with Crippen LogP contribution in [0.1, 0.15) is 29.8 Å². The van der Waals surface area contributed by atoms with Crippen molar-refractivity contribution in [3.8, 4) is 0 Å². The molecule has 0 spiro atoms. The summed E-state index contributed by atoms with van der Waals surface area (Å²) in [5.41, 5.74) is -2.58. The Hall–Kier alpha value is -1.92. The summed E-state index contributed by atoms with van der Waals surface area (Å²) in [5, 5.41) is 1.91. The van der Waals surface area contributed by atoms with Crippen LogP contribution in [0.15, 0.2) is 12.1 Å². The molecule has 0 atom stereocenters. The number of alkyl halides is 3. The number of carbonyl (C=O) groups is 2. The van der Waals surface area contributed by atoms with Gasteiger partial charge in [0.05, 0.1) is 11.3 Å². The van der Waals surface area contributed by atoms with Gasteiger partial charge in [-0.25, -0.2) is 4.39 Å². The van der Waals surface area contributed by atoms with Crippen molar-refractivity contribution in [2.75, 3.05) is 5.32 Å². The van der Waals surface area contributed by atoms with Crippen LogP contribution in [0.5, 0.6) is 0 Å². The number of carbonyl (C=O) groups excluding carboxylic acids is 2. The molecule has 0 aliphatic carbocycles. The highest BCUT2D eigenvalue weighted by Gasteiger charge is 2.36. The van der Waals surface area contributed by atoms with Gasteiger partial charge >= 0.3 is 6.18 Å². The van der Waals surface area contributed by atoms with Gasteiger partial charge in [0.2, 0.25) is 5.91 Å². The summed E-state index contributed by atoms with van der Waals surface area (Å²) in [6.07, 6.45) is -4.94. The van der Waals surface area contributed by atoms with E-state index in [0.29, 0.717) is 6.07 Å². The quantitative estimate of drug-likeness (QED) is 0.658. The lowest BCUT2D eigenvalue weighted by Gasteiger charge is -2.13. The van der Waals surface area contributed by atoms with Gasteiger partial charge < -0.3 is 5.32 Å². The van der Waals surface area contributed by atoms with E-state index in [9.17, 15) is 27.2 Å². The zero-order valence-corrected chi connectivity index (χ0v) is 9.48. The molecule has 0 aromatic heterocycles. The normalized spacial score (nSPS) is 11.2. The number of anilines is 1. The van der Waals surface area contributed by atoms with Crippen LogP contribution >= 0.6 is 0 Å². The van der Waals surface area contributed by atoms with Crippen molar-refractivity contribution >= 4 is 17.4 Å². The molecule has 0 saturated carbocycles. The van der Waals surface area contributed by atoms with E-state index in [1.165, 1.54) is 0 Å². The molecule has 1 aromatic carbocycles. The minimum atomic E-state index is -4.94. The first-order chi connectivity index (χ1) is 8.12. The van der Waals surface area contributed by atoms with Crippen molar-refractivity contribution in [1.29, 1.82) is 0 Å². The Balaban J connectivity index is 3.47. The third-order valence-electron chi connectivity index (χ3n) is 2.10. The minimum absolute atomic E-state index is 0.326. The first kappa shape index (κ1) is 14.1. The molecule has 18 heavy (non-hydrogen) atoms. The molecular formula is C11H9F4NO2. The van der Waals surface area contributed by atoms with E-state index in [4.69, 9.17) is 0 Å². The van der Waals surface area contributed by atoms with Gasteiger partial charge in [0.1, 0.15) is 0 Å². The zero-order valence-electron chi connectivity index (χ0n) is 9.48. The summed E-state index contributed by atoms with van der Waals surface area (Å²) >= 11 is 0. The summed E-state index contributed by atoms with van der Waals surface area (Å²) < 4.78 is 51.2. The van der Waals surface area contributed by atoms with Crippen LogP contribution in [0.2, 0.25) is 0 Å². The van der Waals surface area contributed by atoms with Crippen molar-refractivity contribution in [2.45, 2.75) is 20.0 Å². The molecule has 0 unspecified atom stereocenters. The maximum atomic E-state index is 13.5. The van der Waals surface area contributed by atoms with Gasteiger partial charge in [0.25, 0.3) is 0 Å². The van der Waals surface area contributed by atoms with Crippen molar-refractivity contribution in [3.63, 3.8) is 0 Å². The van der Waals surface area contributed by atoms with Gasteiger partial charge in [-0.05, 0) is 19.1 Å². The summed E-state index contributed by atoms with van der Waals surface area (Å²) in [6, 6.07) is 1.29. The van der Waals surface area contributed by atoms with Crippen LogP contribution in [0.3, 0.4) is 0 Å². The zero-order chi connectivity index (χ0) is 14.1. The Labute approximate surface area is 99.8 Å². The Bertz CT molecular complexity index is 509. The van der Waals surface area contributed by atoms with Gasteiger partial charge in [-0.2, -0.15) is 13.2 Å². The highest BCUT2D eigenvalue weighted by molar-refractivity contribution is 5.97. The lowest BCUT2D eigenvalue weighted by molar-refractivity contribution is -0.140. The molecule has 0 heterocycles. The van der Waals surface area contributed by atoms with Gasteiger partial charge in [-0.3, -0.25) is 9.59 Å². The first-order valence-electron chi connectivity index (χ1n) is 4.82. The van der Waals surface area contributed by atoms with Crippen molar-refractivity contribution in [3.05, 3.63) is 29.1 Å². The SMILES string of the molecule is CC(=O)Nc1cc(C(C)=O)cc(C(F)(F)F)c1F. The molecule has 0 saturated heterocycles. The van der Waals surface area contributed by atoms with Gasteiger partial charge in [0.15, 0.2) is 11.6 Å². The molecule has 0 aliphatic rings. The van der Waals surface area contributed by atoms with Crippen molar-refractivity contribution in [1.82, 2.24) is 0 Å². The van der Waals surface area contributed by atoms with Crippen LogP contribution in [0.4, 0.5) is 23.2 Å². The maximum absolute atomic E-state index is 13.5. The van der Waals surface area contributed by atoms with Crippen LogP contribution in [0, 0.1) is 5.82 Å². The second-order valence-corrected chi connectivity index (χ2v) is 3.62. The van der Waals surface area contributed by atoms with Crippen LogP contribution in [-0.4, -0.2) is 11.7 Å². The molecule has 0 radical (unpaired) electrons. The number of ketones is 1. The second kappa shape index (κ2) is 4.75. The number of hydrogen-bond acceptors (Lipinski definition) is 2. The first-order valence-corrected chi connectivity index (χ1v) is 4.82. The van der Waals surface area contributed by atoms with Crippen LogP contribution in [0.25, 0.3) is 0 Å². The predicted octanol–water partition coefficient (Wildman–Crippen LogP) is 3.01. The fourth-order valence-corrected chi connectivity index (χ4v) is 1.31. The lowest BCUT2D eigenvalue weighted by Crippen LogP contribution is -2.15. The van der Waals surface area contributed by atoms with E-state index in [0.717, 1.165) is 19.9 Å². The van der Waals surface area contributed by atoms with Gasteiger partial charge in [-0.15, -0.1) is 0 Å². The maximum Gasteiger partial charge on any atom is 0.419 e. The average Bonchev–Trinajstić information content (AvgIpc) is 2.18. The molecule has 0 bridgehead atoms. The van der Waals surface area contributed by atoms with Crippen molar-refractivity contribution in [2.24, 2.45) is 0 Å². The molecule has 1 aromatic rings. The summed E-state index contributed by atoms with van der Waals surface area (Å²) in [7, 11) is 0. The van der Waals surface area contributed by atoms with Crippen molar-refractivity contribution < 1.29 is 27.2 Å². The molecule has 0 aliphatic heterocycles. The summed E-state index contributed by atoms with van der Waals surface area (Å²) in [5.74, 6) is -3.00. The van der Waals surface area contributed by atoms with Crippen LogP contribution < -0.4 is 5.32 Å². The van der Waals surface area contributed by atoms with E-state index in [2.05, 4.69) is 0 Å². The van der Waals surface area contributed by atoms with E-state index < -0.39 is 34.9 Å². The van der Waals surface area contributed by atoms with E-state index in [-0.39, 0.29) is 5.56 Å². The Kier molecular flexibility index (Phi) is 3.73. The average molecular weight is 263 g/mol. The minimum Gasteiger partial charge on any atom is -0.324 e. The monoisotopic (exact) mass is 263 g/mol. The number of Topliss-reactive ketones (excluding diaryl/α,β-unsaturated/α-hetero) is 1. The highest BCUT2D eigenvalue weighted by atomic mass is 19.4. The molecule has 1 amide bonds. The molecular weight excluding hydrogens is 254 g/mol. The number of rotatable bonds is 2. The third-order valence-corrected chi connectivity index (χ3v) is 2.10. The molecule has 98 valence electrons. The Morgan fingerprint density at radius 2 is 1.72 bits per heavy atom. The van der Waals surface area contributed by atoms with Gasteiger partial charge in [-0.1, -0.05) is 0 Å². The number of benzene rings is 1. The number of hydrogen-bond donors (Lipinski definition) is 1. The summed E-state index contributed by atoms with van der Waals surface area (Å²) in [4.78, 5) is 21.8. The fraction of sp³-hybridized carbons (Fsp3) is 0.273. The lowest BCUT2D eigenvalue weighted by atomic mass is 10.1. The standard InChI is InChI=1S/C11H9F4NO2/c1-5(17)7-3-8(11(13,14)15)10(12)9(4-7)16-6(2)18/h3-4H,1-2H3,(H,16,18). The largest absolute Gasteiger partial charge is 0.419 e. The Morgan fingerprint density at radius 3 is 2.11 bits per heavy atom. The summed E-state index contributed by atoms with van der Waals surface area (Å²) in [6.45, 7) is 2.07. The Morgan fingerprint density at radius 1 is 1.17 bits per heavy atom. The van der Waals surface area contributed by atoms with E-state index in [1.54, 1.807) is 0 Å². The fourth-order valence-electron chi connectivity index (χ4n) is 1.31. The molecule has 3 nitrogen and oxygen atoms in total. The molecule has 1 N–H and O–H groups in total. The van der Waals surface area contributed by atoms with Gasteiger partial charge in [0, 0.05) is 12.5 Å². The highest BCUT2D eigenvalue weighted by Crippen LogP contribution is 2.35.